The first-order valence-electron chi connectivity index (χ1n) is 11.0. The summed E-state index contributed by atoms with van der Waals surface area (Å²) in [5.41, 5.74) is 0.605. The van der Waals surface area contributed by atoms with E-state index in [9.17, 15) is 29.3 Å². The topological polar surface area (TPSA) is 136 Å². The average molecular weight is 463 g/mol. The Morgan fingerprint density at radius 2 is 1.68 bits per heavy atom. The molecule has 2 saturated carbocycles. The summed E-state index contributed by atoms with van der Waals surface area (Å²) >= 11 is 0. The highest BCUT2D eigenvalue weighted by atomic mass is 16.6. The molecule has 10 nitrogen and oxygen atoms in total. The number of ether oxygens (including phenoxy) is 1. The molecule has 0 aromatic heterocycles. The van der Waals surface area contributed by atoms with Crippen LogP contribution < -0.4 is 10.2 Å². The highest BCUT2D eigenvalue weighted by Gasteiger charge is 2.61. The summed E-state index contributed by atoms with van der Waals surface area (Å²) in [6.07, 6.45) is 2.95. The van der Waals surface area contributed by atoms with Crippen molar-refractivity contribution in [3.8, 4) is 0 Å². The molecule has 2 aromatic carbocycles. The molecular weight excluding hydrogens is 442 g/mol. The molecule has 4 atom stereocenters. The number of anilines is 2. The lowest BCUT2D eigenvalue weighted by Gasteiger charge is -2.19. The Morgan fingerprint density at radius 3 is 2.29 bits per heavy atom. The molecule has 1 heterocycles. The Bertz CT molecular complexity index is 1180. The molecule has 2 aliphatic carbocycles. The Balaban J connectivity index is 1.19. The summed E-state index contributed by atoms with van der Waals surface area (Å²) in [7, 11) is 0. The van der Waals surface area contributed by atoms with Crippen LogP contribution in [0.25, 0.3) is 0 Å². The van der Waals surface area contributed by atoms with Gasteiger partial charge in [0.05, 0.1) is 28.0 Å². The molecule has 34 heavy (non-hydrogen) atoms. The minimum Gasteiger partial charge on any atom is -0.452 e. The van der Waals surface area contributed by atoms with Gasteiger partial charge in [0.15, 0.2) is 6.61 Å². The lowest BCUT2D eigenvalue weighted by molar-refractivity contribution is -0.384. The number of nitro groups is 1. The summed E-state index contributed by atoms with van der Waals surface area (Å²) in [5, 5.41) is 13.2. The molecule has 2 bridgehead atoms. The lowest BCUT2D eigenvalue weighted by atomic mass is 9.81. The highest BCUT2D eigenvalue weighted by molar-refractivity contribution is 6.22. The number of non-ortho nitro benzene ring substituents is 1. The fourth-order valence-electron chi connectivity index (χ4n) is 5.52. The molecule has 3 aliphatic rings. The Hall–Kier alpha value is -4.08. The van der Waals surface area contributed by atoms with Crippen LogP contribution in [0.3, 0.4) is 0 Å². The molecule has 1 aliphatic heterocycles. The SMILES string of the molecule is O=C(COC(=O)c1ccc(N2C(=O)[C@@H]3[C@H]4CC[C@@H](C4)[C@@H]3C2=O)cc1)Nc1cccc([N+](=O)[O-])c1. The zero-order valence-electron chi connectivity index (χ0n) is 18.0. The number of carbonyl (C=O) groups excluding carboxylic acids is 4. The van der Waals surface area contributed by atoms with Crippen LogP contribution in [-0.4, -0.2) is 35.2 Å². The maximum absolute atomic E-state index is 12.9. The van der Waals surface area contributed by atoms with Crippen LogP contribution in [0.2, 0.25) is 0 Å². The van der Waals surface area contributed by atoms with Crippen LogP contribution in [0.15, 0.2) is 48.5 Å². The Morgan fingerprint density at radius 1 is 1.03 bits per heavy atom. The van der Waals surface area contributed by atoms with E-state index in [2.05, 4.69) is 5.32 Å². The molecule has 174 valence electrons. The van der Waals surface area contributed by atoms with E-state index in [4.69, 9.17) is 4.74 Å². The average Bonchev–Trinajstić information content (AvgIpc) is 3.51. The summed E-state index contributed by atoms with van der Waals surface area (Å²) in [6.45, 7) is -0.585. The molecule has 3 fully saturated rings. The molecule has 1 saturated heterocycles. The van der Waals surface area contributed by atoms with Gasteiger partial charge in [0.2, 0.25) is 11.8 Å². The van der Waals surface area contributed by atoms with Crippen molar-refractivity contribution in [2.45, 2.75) is 19.3 Å². The lowest BCUT2D eigenvalue weighted by Crippen LogP contribution is -2.32. The number of esters is 1. The minimum atomic E-state index is -0.755. The quantitative estimate of drug-likeness (QED) is 0.301. The van der Waals surface area contributed by atoms with Gasteiger partial charge in [-0.15, -0.1) is 0 Å². The molecule has 0 radical (unpaired) electrons. The summed E-state index contributed by atoms with van der Waals surface area (Å²) in [5.74, 6) is -1.58. The number of hydrogen-bond acceptors (Lipinski definition) is 7. The third-order valence-electron chi connectivity index (χ3n) is 6.96. The molecule has 0 spiro atoms. The fourth-order valence-corrected chi connectivity index (χ4v) is 5.52. The van der Waals surface area contributed by atoms with Gasteiger partial charge < -0.3 is 10.1 Å². The Labute approximate surface area is 194 Å². The van der Waals surface area contributed by atoms with Crippen LogP contribution in [0, 0.1) is 33.8 Å². The minimum absolute atomic E-state index is 0.157. The summed E-state index contributed by atoms with van der Waals surface area (Å²) in [4.78, 5) is 61.7. The van der Waals surface area contributed by atoms with Crippen LogP contribution in [0.4, 0.5) is 17.1 Å². The number of fused-ring (bicyclic) bond motifs is 5. The standard InChI is InChI=1S/C24H21N3O7/c28-19(25-16-2-1-3-18(11-16)27(32)33)12-34-24(31)13-6-8-17(9-7-13)26-22(29)20-14-4-5-15(10-14)21(20)23(26)30/h1-3,6-9,11,14-15,20-21H,4-5,10,12H2,(H,25,28)/t14-,15-,20-,21+/m0/s1. The van der Waals surface area contributed by atoms with Crippen molar-refractivity contribution in [2.75, 3.05) is 16.8 Å². The monoisotopic (exact) mass is 463 g/mol. The molecule has 0 unspecified atom stereocenters. The first kappa shape index (κ1) is 21.7. The van der Waals surface area contributed by atoms with Gasteiger partial charge in [-0.05, 0) is 61.4 Å². The van der Waals surface area contributed by atoms with E-state index in [0.29, 0.717) is 17.5 Å². The maximum Gasteiger partial charge on any atom is 0.338 e. The van der Waals surface area contributed by atoms with Crippen LogP contribution in [0.1, 0.15) is 29.6 Å². The van der Waals surface area contributed by atoms with Crippen molar-refractivity contribution >= 4 is 40.8 Å². The smallest absolute Gasteiger partial charge is 0.338 e. The fraction of sp³-hybridized carbons (Fsp3) is 0.333. The van der Waals surface area contributed by atoms with Crippen molar-refractivity contribution in [3.05, 3.63) is 64.2 Å². The van der Waals surface area contributed by atoms with E-state index in [0.717, 1.165) is 19.3 Å². The van der Waals surface area contributed by atoms with Crippen molar-refractivity contribution in [1.82, 2.24) is 0 Å². The van der Waals surface area contributed by atoms with Gasteiger partial charge in [0.1, 0.15) is 0 Å². The predicted molar refractivity (Wildman–Crippen MR) is 119 cm³/mol. The molecule has 1 N–H and O–H groups in total. The van der Waals surface area contributed by atoms with Crippen molar-refractivity contribution in [1.29, 1.82) is 0 Å². The number of hydrogen-bond donors (Lipinski definition) is 1. The van der Waals surface area contributed by atoms with E-state index >= 15 is 0 Å². The number of amides is 3. The van der Waals surface area contributed by atoms with Crippen LogP contribution >= 0.6 is 0 Å². The number of rotatable bonds is 6. The third kappa shape index (κ3) is 3.70. The number of carbonyl (C=O) groups is 4. The van der Waals surface area contributed by atoms with E-state index in [-0.39, 0.29) is 40.6 Å². The van der Waals surface area contributed by atoms with Gasteiger partial charge >= 0.3 is 5.97 Å². The number of nitro benzene ring substituents is 1. The van der Waals surface area contributed by atoms with Gasteiger partial charge in [-0.2, -0.15) is 0 Å². The molecule has 3 amide bonds. The first-order chi connectivity index (χ1) is 16.3. The van der Waals surface area contributed by atoms with Crippen molar-refractivity contribution in [3.63, 3.8) is 0 Å². The maximum atomic E-state index is 12.9. The number of nitrogens with zero attached hydrogens (tertiary/aromatic N) is 2. The normalized spacial score (nSPS) is 24.8. The Kier molecular flexibility index (Phi) is 5.35. The van der Waals surface area contributed by atoms with Crippen LogP contribution in [0.5, 0.6) is 0 Å². The molecule has 2 aromatic rings. The van der Waals surface area contributed by atoms with E-state index in [1.165, 1.54) is 53.4 Å². The second kappa shape index (κ2) is 8.36. The van der Waals surface area contributed by atoms with Crippen LogP contribution in [-0.2, 0) is 19.1 Å². The van der Waals surface area contributed by atoms with E-state index < -0.39 is 23.4 Å². The molecule has 10 heteroatoms. The van der Waals surface area contributed by atoms with Gasteiger partial charge in [0.25, 0.3) is 11.6 Å². The second-order valence-electron chi connectivity index (χ2n) is 8.88. The van der Waals surface area contributed by atoms with Gasteiger partial charge in [-0.3, -0.25) is 29.4 Å². The summed E-state index contributed by atoms with van der Waals surface area (Å²) < 4.78 is 5.01. The van der Waals surface area contributed by atoms with Gasteiger partial charge in [-0.25, -0.2) is 4.79 Å². The largest absolute Gasteiger partial charge is 0.452 e. The summed E-state index contributed by atoms with van der Waals surface area (Å²) in [6, 6.07) is 11.3. The zero-order valence-corrected chi connectivity index (χ0v) is 18.0. The van der Waals surface area contributed by atoms with Crippen molar-refractivity contribution < 1.29 is 28.8 Å². The molecule has 5 rings (SSSR count). The zero-order chi connectivity index (χ0) is 24.0. The predicted octanol–water partition coefficient (Wildman–Crippen LogP) is 2.93. The second-order valence-corrected chi connectivity index (χ2v) is 8.88. The van der Waals surface area contributed by atoms with Crippen molar-refractivity contribution in [2.24, 2.45) is 23.7 Å². The number of benzene rings is 2. The van der Waals surface area contributed by atoms with Gasteiger partial charge in [-0.1, -0.05) is 6.07 Å². The number of imide groups is 1. The third-order valence-corrected chi connectivity index (χ3v) is 6.96. The van der Waals surface area contributed by atoms with Gasteiger partial charge in [0, 0.05) is 17.8 Å². The number of nitrogens with one attached hydrogen (secondary N) is 1. The van der Waals surface area contributed by atoms with E-state index in [1.807, 2.05) is 0 Å². The highest BCUT2D eigenvalue weighted by Crippen LogP contribution is 2.56. The first-order valence-corrected chi connectivity index (χ1v) is 11.0. The van der Waals surface area contributed by atoms with E-state index in [1.54, 1.807) is 0 Å². The molecular formula is C24H21N3O7.